The Balaban J connectivity index is 1.92. The van der Waals surface area contributed by atoms with Crippen LogP contribution in [0.15, 0.2) is 58.5 Å². The smallest absolute Gasteiger partial charge is 0.271 e. The minimum absolute atomic E-state index is 0.0746. The summed E-state index contributed by atoms with van der Waals surface area (Å²) >= 11 is 0. The third-order valence-electron chi connectivity index (χ3n) is 4.62. The van der Waals surface area contributed by atoms with Crippen molar-refractivity contribution >= 4 is 27.1 Å². The van der Waals surface area contributed by atoms with Crippen molar-refractivity contribution < 1.29 is 13.3 Å². The van der Waals surface area contributed by atoms with E-state index >= 15 is 0 Å². The zero-order chi connectivity index (χ0) is 20.1. The second kappa shape index (κ2) is 8.49. The molecule has 2 aromatic rings. The van der Waals surface area contributed by atoms with Gasteiger partial charge in [-0.1, -0.05) is 37.3 Å². The van der Waals surface area contributed by atoms with E-state index in [4.69, 9.17) is 0 Å². The summed E-state index contributed by atoms with van der Waals surface area (Å²) in [6.45, 7) is 2.82. The fourth-order valence-electron chi connectivity index (χ4n) is 3.10. The number of rotatable bonds is 7. The minimum Gasteiger partial charge on any atom is -0.271 e. The van der Waals surface area contributed by atoms with Crippen LogP contribution in [0.4, 0.5) is 11.4 Å². The van der Waals surface area contributed by atoms with Gasteiger partial charge in [-0.05, 0) is 37.0 Å². The largest absolute Gasteiger partial charge is 0.295 e. The molecule has 1 N–H and O–H groups in total. The molecule has 0 spiro atoms. The second-order valence-electron chi connectivity index (χ2n) is 6.44. The van der Waals surface area contributed by atoms with Gasteiger partial charge in [-0.25, -0.2) is 8.42 Å². The molecule has 0 aliphatic carbocycles. The number of anilines is 1. The standard InChI is InChI=1S/C19H22N4O4S/c1-2-17(15-8-4-3-5-9-15)20-21-18-11-10-16(14-19(18)23(24)25)28(26,27)22-12-6-7-13-22/h3-5,8-11,14,21H,2,6-7,12-13H2,1H3/b20-17-. The van der Waals surface area contributed by atoms with Gasteiger partial charge in [0.05, 0.1) is 15.5 Å². The van der Waals surface area contributed by atoms with Gasteiger partial charge in [-0.2, -0.15) is 9.41 Å². The number of nitro groups is 1. The van der Waals surface area contributed by atoms with Crippen molar-refractivity contribution in [3.63, 3.8) is 0 Å². The molecule has 3 rings (SSSR count). The number of nitrogens with one attached hydrogen (secondary N) is 1. The van der Waals surface area contributed by atoms with Gasteiger partial charge in [-0.15, -0.1) is 0 Å². The lowest BCUT2D eigenvalue weighted by atomic mass is 10.1. The fraction of sp³-hybridized carbons (Fsp3) is 0.316. The molecule has 1 heterocycles. The molecule has 0 atom stereocenters. The third kappa shape index (κ3) is 4.20. The molecule has 0 aromatic heterocycles. The van der Waals surface area contributed by atoms with Crippen molar-refractivity contribution in [3.8, 4) is 0 Å². The van der Waals surface area contributed by atoms with Gasteiger partial charge >= 0.3 is 0 Å². The molecular formula is C19H22N4O4S. The lowest BCUT2D eigenvalue weighted by Gasteiger charge is -2.15. The summed E-state index contributed by atoms with van der Waals surface area (Å²) in [7, 11) is -3.73. The number of nitro benzene ring substituents is 1. The Morgan fingerprint density at radius 3 is 2.46 bits per heavy atom. The van der Waals surface area contributed by atoms with Gasteiger partial charge < -0.3 is 0 Å². The number of hydrogen-bond donors (Lipinski definition) is 1. The summed E-state index contributed by atoms with van der Waals surface area (Å²) in [6.07, 6.45) is 2.23. The lowest BCUT2D eigenvalue weighted by molar-refractivity contribution is -0.384. The number of hydrazone groups is 1. The minimum atomic E-state index is -3.73. The molecule has 28 heavy (non-hydrogen) atoms. The molecule has 1 aliphatic heterocycles. The first-order valence-corrected chi connectivity index (χ1v) is 10.5. The summed E-state index contributed by atoms with van der Waals surface area (Å²) in [5.74, 6) is 0. The normalized spacial score (nSPS) is 15.5. The van der Waals surface area contributed by atoms with Gasteiger partial charge in [0.1, 0.15) is 5.69 Å². The van der Waals surface area contributed by atoms with Crippen molar-refractivity contribution in [1.82, 2.24) is 4.31 Å². The SMILES string of the molecule is CC/C(=N/Nc1ccc(S(=O)(=O)N2CCCC2)cc1[N+](=O)[O-])c1ccccc1. The summed E-state index contributed by atoms with van der Waals surface area (Å²) in [5.41, 5.74) is 4.20. The summed E-state index contributed by atoms with van der Waals surface area (Å²) in [5, 5.41) is 15.8. The Morgan fingerprint density at radius 2 is 1.86 bits per heavy atom. The molecule has 1 aliphatic rings. The average Bonchev–Trinajstić information content (AvgIpc) is 3.25. The zero-order valence-electron chi connectivity index (χ0n) is 15.5. The van der Waals surface area contributed by atoms with E-state index in [0.717, 1.165) is 30.2 Å². The Kier molecular flexibility index (Phi) is 6.05. The van der Waals surface area contributed by atoms with Crippen molar-refractivity contribution in [1.29, 1.82) is 0 Å². The van der Waals surface area contributed by atoms with Crippen LogP contribution in [-0.4, -0.2) is 36.4 Å². The molecule has 1 saturated heterocycles. The number of sulfonamides is 1. The van der Waals surface area contributed by atoms with Crippen molar-refractivity contribution in [2.45, 2.75) is 31.1 Å². The van der Waals surface area contributed by atoms with Crippen molar-refractivity contribution in [2.75, 3.05) is 18.5 Å². The maximum atomic E-state index is 12.7. The van der Waals surface area contributed by atoms with E-state index in [1.165, 1.54) is 16.4 Å². The van der Waals surface area contributed by atoms with Crippen molar-refractivity contribution in [2.24, 2.45) is 5.10 Å². The number of hydrogen-bond acceptors (Lipinski definition) is 6. The maximum absolute atomic E-state index is 12.7. The summed E-state index contributed by atoms with van der Waals surface area (Å²) in [4.78, 5) is 10.8. The van der Waals surface area contributed by atoms with Gasteiger partial charge in [-0.3, -0.25) is 15.5 Å². The molecule has 1 fully saturated rings. The Bertz CT molecular complexity index is 984. The van der Waals surface area contributed by atoms with Crippen LogP contribution in [0.2, 0.25) is 0 Å². The molecule has 0 amide bonds. The molecule has 2 aromatic carbocycles. The van der Waals surface area contributed by atoms with E-state index in [1.807, 2.05) is 37.3 Å². The molecule has 9 heteroatoms. The third-order valence-corrected chi connectivity index (χ3v) is 6.52. The maximum Gasteiger partial charge on any atom is 0.295 e. The van der Waals surface area contributed by atoms with Crippen LogP contribution >= 0.6 is 0 Å². The summed E-state index contributed by atoms with van der Waals surface area (Å²) in [6, 6.07) is 13.4. The zero-order valence-corrected chi connectivity index (χ0v) is 16.4. The molecular weight excluding hydrogens is 380 g/mol. The quantitative estimate of drug-likeness (QED) is 0.433. The van der Waals surface area contributed by atoms with Crippen LogP contribution in [0, 0.1) is 10.1 Å². The number of benzene rings is 2. The van der Waals surface area contributed by atoms with Gasteiger partial charge in [0.15, 0.2) is 0 Å². The summed E-state index contributed by atoms with van der Waals surface area (Å²) < 4.78 is 26.7. The molecule has 0 unspecified atom stereocenters. The predicted molar refractivity (Wildman–Crippen MR) is 108 cm³/mol. The molecule has 8 nitrogen and oxygen atoms in total. The van der Waals surface area contributed by atoms with E-state index in [9.17, 15) is 18.5 Å². The van der Waals surface area contributed by atoms with Crippen molar-refractivity contribution in [3.05, 3.63) is 64.2 Å². The van der Waals surface area contributed by atoms with Crippen LogP contribution in [-0.2, 0) is 10.0 Å². The highest BCUT2D eigenvalue weighted by atomic mass is 32.2. The average molecular weight is 402 g/mol. The van der Waals surface area contributed by atoms with Gasteiger partial charge in [0.25, 0.3) is 5.69 Å². The van der Waals surface area contributed by atoms with E-state index < -0.39 is 14.9 Å². The highest BCUT2D eigenvalue weighted by Gasteiger charge is 2.29. The second-order valence-corrected chi connectivity index (χ2v) is 8.38. The molecule has 0 bridgehead atoms. The van der Waals surface area contributed by atoms with Crippen LogP contribution in [0.3, 0.4) is 0 Å². The molecule has 0 radical (unpaired) electrons. The lowest BCUT2D eigenvalue weighted by Crippen LogP contribution is -2.27. The molecule has 148 valence electrons. The topological polar surface area (TPSA) is 105 Å². The first kappa shape index (κ1) is 20.0. The van der Waals surface area contributed by atoms with Crippen LogP contribution < -0.4 is 5.43 Å². The Morgan fingerprint density at radius 1 is 1.18 bits per heavy atom. The molecule has 0 saturated carbocycles. The predicted octanol–water partition coefficient (Wildman–Crippen LogP) is 3.61. The Hall–Kier alpha value is -2.78. The van der Waals surface area contributed by atoms with E-state index in [0.29, 0.717) is 19.5 Å². The van der Waals surface area contributed by atoms with Gasteiger partial charge in [0, 0.05) is 19.2 Å². The highest BCUT2D eigenvalue weighted by molar-refractivity contribution is 7.89. The Labute approximate surface area is 164 Å². The first-order chi connectivity index (χ1) is 13.4. The van der Waals surface area contributed by atoms with E-state index in [1.54, 1.807) is 0 Å². The van der Waals surface area contributed by atoms with E-state index in [-0.39, 0.29) is 16.3 Å². The number of nitrogens with zero attached hydrogens (tertiary/aromatic N) is 3. The van der Waals surface area contributed by atoms with Crippen LogP contribution in [0.1, 0.15) is 31.7 Å². The highest BCUT2D eigenvalue weighted by Crippen LogP contribution is 2.30. The fourth-order valence-corrected chi connectivity index (χ4v) is 4.64. The first-order valence-electron chi connectivity index (χ1n) is 9.10. The van der Waals surface area contributed by atoms with E-state index in [2.05, 4.69) is 10.5 Å². The van der Waals surface area contributed by atoms with Crippen LogP contribution in [0.25, 0.3) is 0 Å². The van der Waals surface area contributed by atoms with Gasteiger partial charge in [0.2, 0.25) is 10.0 Å². The monoisotopic (exact) mass is 402 g/mol. The van der Waals surface area contributed by atoms with Crippen LogP contribution in [0.5, 0.6) is 0 Å².